The minimum Gasteiger partial charge on any atom is -0.479 e. The minimum atomic E-state index is -2.15. The van der Waals surface area contributed by atoms with Crippen molar-refractivity contribution in [2.24, 2.45) is 0 Å². The first-order valence-corrected chi connectivity index (χ1v) is 5.84. The fourth-order valence-electron chi connectivity index (χ4n) is 1.17. The molecule has 0 aliphatic heterocycles. The van der Waals surface area contributed by atoms with Crippen LogP contribution in [-0.2, 0) is 4.79 Å². The molecule has 9 heteroatoms. The quantitative estimate of drug-likeness (QED) is 0.408. The summed E-state index contributed by atoms with van der Waals surface area (Å²) in [6, 6.07) is 0. The van der Waals surface area contributed by atoms with Gasteiger partial charge in [0, 0.05) is 11.8 Å². The van der Waals surface area contributed by atoms with Crippen molar-refractivity contribution >= 4 is 23.7 Å². The van der Waals surface area contributed by atoms with Crippen LogP contribution in [-0.4, -0.2) is 54.7 Å². The van der Waals surface area contributed by atoms with E-state index in [-0.39, 0.29) is 10.7 Å². The van der Waals surface area contributed by atoms with Crippen LogP contribution in [0.1, 0.15) is 22.2 Å². The standard InChI is InChI=1S/C9H10N2O6S/c1-18-9-10-2-3(4(11-9)7(14)15)5(12)6(13)8(16)17/h2,5-6,12-13H,1H3,(H,14,15)(H,16,17). The van der Waals surface area contributed by atoms with Crippen molar-refractivity contribution in [1.29, 1.82) is 0 Å². The molecular formula is C9H10N2O6S. The zero-order valence-electron chi connectivity index (χ0n) is 9.14. The van der Waals surface area contributed by atoms with Gasteiger partial charge in [0.1, 0.15) is 6.10 Å². The van der Waals surface area contributed by atoms with Gasteiger partial charge in [0.05, 0.1) is 0 Å². The molecule has 0 saturated carbocycles. The molecule has 0 saturated heterocycles. The number of aliphatic carboxylic acids is 1. The van der Waals surface area contributed by atoms with Gasteiger partial charge in [0.15, 0.2) is 17.0 Å². The first kappa shape index (κ1) is 14.4. The highest BCUT2D eigenvalue weighted by Crippen LogP contribution is 2.21. The maximum Gasteiger partial charge on any atom is 0.355 e. The molecule has 98 valence electrons. The van der Waals surface area contributed by atoms with Crippen LogP contribution in [0.4, 0.5) is 0 Å². The fraction of sp³-hybridized carbons (Fsp3) is 0.333. The Balaban J connectivity index is 3.23. The summed E-state index contributed by atoms with van der Waals surface area (Å²) >= 11 is 1.09. The SMILES string of the molecule is CSc1ncc(C(O)C(O)C(=O)O)c(C(=O)O)n1. The van der Waals surface area contributed by atoms with Gasteiger partial charge in [-0.2, -0.15) is 0 Å². The van der Waals surface area contributed by atoms with Crippen molar-refractivity contribution in [2.45, 2.75) is 17.4 Å². The molecule has 1 aromatic rings. The third-order valence-electron chi connectivity index (χ3n) is 2.05. The molecule has 18 heavy (non-hydrogen) atoms. The van der Waals surface area contributed by atoms with E-state index in [1.165, 1.54) is 0 Å². The highest BCUT2D eigenvalue weighted by Gasteiger charge is 2.30. The van der Waals surface area contributed by atoms with Gasteiger partial charge < -0.3 is 20.4 Å². The average molecular weight is 274 g/mol. The largest absolute Gasteiger partial charge is 0.479 e. The Kier molecular flexibility index (Phi) is 4.59. The van der Waals surface area contributed by atoms with Gasteiger partial charge in [-0.1, -0.05) is 11.8 Å². The van der Waals surface area contributed by atoms with E-state index >= 15 is 0 Å². The van der Waals surface area contributed by atoms with E-state index in [9.17, 15) is 19.8 Å². The van der Waals surface area contributed by atoms with Gasteiger partial charge in [0.2, 0.25) is 0 Å². The average Bonchev–Trinajstić information content (AvgIpc) is 2.35. The zero-order chi connectivity index (χ0) is 13.9. The lowest BCUT2D eigenvalue weighted by Crippen LogP contribution is -2.29. The monoisotopic (exact) mass is 274 g/mol. The van der Waals surface area contributed by atoms with Gasteiger partial charge >= 0.3 is 11.9 Å². The summed E-state index contributed by atoms with van der Waals surface area (Å²) in [6.07, 6.45) is -1.45. The predicted octanol–water partition coefficient (Wildman–Crippen LogP) is -0.624. The summed E-state index contributed by atoms with van der Waals surface area (Å²) in [4.78, 5) is 28.8. The van der Waals surface area contributed by atoms with Crippen LogP contribution >= 0.6 is 11.8 Å². The summed E-state index contributed by atoms with van der Waals surface area (Å²) in [6.45, 7) is 0. The molecule has 1 aromatic heterocycles. The lowest BCUT2D eigenvalue weighted by molar-refractivity contribution is -0.153. The fourth-order valence-corrected chi connectivity index (χ4v) is 1.51. The van der Waals surface area contributed by atoms with Gasteiger partial charge in [-0.15, -0.1) is 0 Å². The van der Waals surface area contributed by atoms with Crippen molar-refractivity contribution in [3.63, 3.8) is 0 Å². The second-order valence-electron chi connectivity index (χ2n) is 3.19. The third-order valence-corrected chi connectivity index (χ3v) is 2.61. The van der Waals surface area contributed by atoms with Crippen LogP contribution in [0.15, 0.2) is 11.4 Å². The summed E-state index contributed by atoms with van der Waals surface area (Å²) in [7, 11) is 0. The van der Waals surface area contributed by atoms with Crippen LogP contribution in [0, 0.1) is 0 Å². The summed E-state index contributed by atoms with van der Waals surface area (Å²) < 4.78 is 0. The maximum atomic E-state index is 10.9. The molecule has 0 aromatic carbocycles. The number of aliphatic hydroxyl groups excluding tert-OH is 2. The van der Waals surface area contributed by atoms with Crippen LogP contribution in [0.3, 0.4) is 0 Å². The number of rotatable bonds is 5. The second kappa shape index (κ2) is 5.76. The molecule has 0 bridgehead atoms. The smallest absolute Gasteiger partial charge is 0.355 e. The van der Waals surface area contributed by atoms with E-state index in [0.717, 1.165) is 18.0 Å². The highest BCUT2D eigenvalue weighted by molar-refractivity contribution is 7.98. The predicted molar refractivity (Wildman–Crippen MR) is 59.4 cm³/mol. The van der Waals surface area contributed by atoms with Crippen LogP contribution < -0.4 is 0 Å². The molecule has 0 aliphatic rings. The summed E-state index contributed by atoms with van der Waals surface area (Å²) in [5.74, 6) is -3.12. The molecule has 4 N–H and O–H groups in total. The van der Waals surface area contributed by atoms with E-state index < -0.39 is 29.8 Å². The van der Waals surface area contributed by atoms with E-state index in [4.69, 9.17) is 10.2 Å². The van der Waals surface area contributed by atoms with Crippen molar-refractivity contribution < 1.29 is 30.0 Å². The molecule has 8 nitrogen and oxygen atoms in total. The number of hydrogen-bond donors (Lipinski definition) is 4. The Labute approximate surface area is 105 Å². The van der Waals surface area contributed by atoms with E-state index in [2.05, 4.69) is 9.97 Å². The first-order valence-electron chi connectivity index (χ1n) is 4.61. The number of carbonyl (C=O) groups is 2. The molecule has 0 fully saturated rings. The van der Waals surface area contributed by atoms with E-state index in [1.54, 1.807) is 6.26 Å². The van der Waals surface area contributed by atoms with E-state index in [0.29, 0.717) is 0 Å². The van der Waals surface area contributed by atoms with Crippen LogP contribution in [0.2, 0.25) is 0 Å². The third kappa shape index (κ3) is 2.94. The lowest BCUT2D eigenvalue weighted by Gasteiger charge is -2.15. The Morgan fingerprint density at radius 2 is 1.94 bits per heavy atom. The van der Waals surface area contributed by atoms with Gasteiger partial charge in [-0.25, -0.2) is 19.6 Å². The van der Waals surface area contributed by atoms with Crippen molar-refractivity contribution in [2.75, 3.05) is 6.26 Å². The number of aromatic nitrogens is 2. The number of nitrogens with zero attached hydrogens (tertiary/aromatic N) is 2. The number of hydrogen-bond acceptors (Lipinski definition) is 7. The normalized spacial score (nSPS) is 13.9. The molecule has 0 aliphatic carbocycles. The molecule has 2 unspecified atom stereocenters. The zero-order valence-corrected chi connectivity index (χ0v) is 9.96. The highest BCUT2D eigenvalue weighted by atomic mass is 32.2. The molecule has 0 spiro atoms. The molecule has 1 heterocycles. The first-order chi connectivity index (χ1) is 8.38. The van der Waals surface area contributed by atoms with Crippen molar-refractivity contribution in [3.05, 3.63) is 17.5 Å². The molecule has 1 rings (SSSR count). The lowest BCUT2D eigenvalue weighted by atomic mass is 10.0. The topological polar surface area (TPSA) is 141 Å². The number of carboxylic acid groups (broad SMARTS) is 2. The van der Waals surface area contributed by atoms with Crippen molar-refractivity contribution in [3.8, 4) is 0 Å². The Morgan fingerprint density at radius 3 is 2.39 bits per heavy atom. The molecule has 2 atom stereocenters. The van der Waals surface area contributed by atoms with Gasteiger partial charge in [0.25, 0.3) is 0 Å². The number of aliphatic hydroxyl groups is 2. The van der Waals surface area contributed by atoms with Gasteiger partial charge in [-0.3, -0.25) is 0 Å². The maximum absolute atomic E-state index is 10.9. The van der Waals surface area contributed by atoms with Crippen LogP contribution in [0.5, 0.6) is 0 Å². The molecule has 0 amide bonds. The summed E-state index contributed by atoms with van der Waals surface area (Å²) in [5.41, 5.74) is -0.891. The number of thioether (sulfide) groups is 1. The minimum absolute atomic E-state index is 0.160. The second-order valence-corrected chi connectivity index (χ2v) is 3.97. The number of carboxylic acids is 2. The molecule has 0 radical (unpaired) electrons. The number of aromatic carboxylic acids is 1. The summed E-state index contributed by atoms with van der Waals surface area (Å²) in [5, 5.41) is 36.4. The Bertz CT molecular complexity index is 480. The molecular weight excluding hydrogens is 264 g/mol. The van der Waals surface area contributed by atoms with E-state index in [1.807, 2.05) is 0 Å². The van der Waals surface area contributed by atoms with Gasteiger partial charge in [-0.05, 0) is 6.26 Å². The van der Waals surface area contributed by atoms with Crippen molar-refractivity contribution in [1.82, 2.24) is 9.97 Å². The van der Waals surface area contributed by atoms with Crippen LogP contribution in [0.25, 0.3) is 0 Å². The Morgan fingerprint density at radius 1 is 1.33 bits per heavy atom. The Hall–Kier alpha value is -1.71.